The Bertz CT molecular complexity index is 924. The molecule has 1 atom stereocenters. The molecule has 0 radical (unpaired) electrons. The van der Waals surface area contributed by atoms with Gasteiger partial charge in [-0.2, -0.15) is 0 Å². The Morgan fingerprint density at radius 1 is 1.26 bits per heavy atom. The molecule has 0 aliphatic carbocycles. The number of nitrogens with one attached hydrogen (secondary N) is 1. The van der Waals surface area contributed by atoms with Crippen LogP contribution >= 0.6 is 24.0 Å². The highest BCUT2D eigenvalue weighted by molar-refractivity contribution is 14.0. The van der Waals surface area contributed by atoms with Crippen molar-refractivity contribution in [2.75, 3.05) is 40.3 Å². The van der Waals surface area contributed by atoms with Gasteiger partial charge in [0.2, 0.25) is 0 Å². The molecule has 1 fully saturated rings. The Morgan fingerprint density at radius 2 is 2.00 bits per heavy atom. The maximum atomic E-state index is 12.4. The lowest BCUT2D eigenvalue weighted by atomic mass is 10.1. The number of hydrogen-bond donors (Lipinski definition) is 1. The third-order valence-corrected chi connectivity index (χ3v) is 5.55. The molecule has 2 aliphatic rings. The van der Waals surface area contributed by atoms with E-state index in [1.54, 1.807) is 26.3 Å². The number of amides is 1. The molecule has 2 aliphatic heterocycles. The molecular formula is C22H29IN4O4. The molecule has 8 nitrogen and oxygen atoms in total. The summed E-state index contributed by atoms with van der Waals surface area (Å²) in [7, 11) is 3.46. The third-order valence-electron chi connectivity index (χ3n) is 5.55. The van der Waals surface area contributed by atoms with Crippen LogP contribution in [0.2, 0.25) is 0 Å². The normalized spacial score (nSPS) is 18.2. The lowest BCUT2D eigenvalue weighted by molar-refractivity contribution is 0.0657. The van der Waals surface area contributed by atoms with Crippen LogP contribution in [-0.2, 0) is 13.0 Å². The van der Waals surface area contributed by atoms with Gasteiger partial charge >= 0.3 is 0 Å². The van der Waals surface area contributed by atoms with E-state index >= 15 is 0 Å². The molecule has 3 heterocycles. The van der Waals surface area contributed by atoms with Gasteiger partial charge in [0.25, 0.3) is 5.91 Å². The summed E-state index contributed by atoms with van der Waals surface area (Å²) in [5.41, 5.74) is 2.21. The van der Waals surface area contributed by atoms with E-state index in [2.05, 4.69) is 34.3 Å². The van der Waals surface area contributed by atoms with Crippen LogP contribution in [-0.4, -0.2) is 68.1 Å². The van der Waals surface area contributed by atoms with E-state index in [9.17, 15) is 4.79 Å². The van der Waals surface area contributed by atoms with Gasteiger partial charge in [-0.1, -0.05) is 0 Å². The zero-order valence-corrected chi connectivity index (χ0v) is 20.4. The highest BCUT2D eigenvalue weighted by Crippen LogP contribution is 2.34. The number of piperazine rings is 1. The molecule has 31 heavy (non-hydrogen) atoms. The van der Waals surface area contributed by atoms with E-state index in [4.69, 9.17) is 13.9 Å². The first-order chi connectivity index (χ1) is 14.6. The van der Waals surface area contributed by atoms with Gasteiger partial charge in [0.05, 0.1) is 13.4 Å². The molecule has 0 spiro atoms. The molecule has 9 heteroatoms. The fourth-order valence-electron chi connectivity index (χ4n) is 3.99. The van der Waals surface area contributed by atoms with Crippen molar-refractivity contribution in [1.82, 2.24) is 15.1 Å². The van der Waals surface area contributed by atoms with Gasteiger partial charge in [-0.3, -0.25) is 9.79 Å². The van der Waals surface area contributed by atoms with Crippen LogP contribution < -0.4 is 14.8 Å². The Kier molecular flexibility index (Phi) is 7.69. The van der Waals surface area contributed by atoms with Crippen molar-refractivity contribution >= 4 is 35.8 Å². The van der Waals surface area contributed by atoms with E-state index in [0.29, 0.717) is 38.5 Å². The minimum Gasteiger partial charge on any atom is -0.496 e. The quantitative estimate of drug-likeness (QED) is 0.365. The molecule has 0 bridgehead atoms. The summed E-state index contributed by atoms with van der Waals surface area (Å²) in [6.07, 6.45) is 2.62. The number of guanidine groups is 1. The second-order valence-electron chi connectivity index (χ2n) is 7.56. The molecule has 1 unspecified atom stereocenters. The standard InChI is InChI=1S/C22H28N4O4.HI/c1-15-11-16-12-19(28-3)17(13-20(16)30-15)14-24-22(23-2)26-8-6-25(7-9-26)21(27)18-5-4-10-29-18;/h4-5,10,12-13,15H,6-9,11,14H2,1-3H3,(H,23,24);1H. The Morgan fingerprint density at radius 3 is 2.65 bits per heavy atom. The fourth-order valence-corrected chi connectivity index (χ4v) is 3.99. The number of aliphatic imine (C=N–C) groups is 1. The van der Waals surface area contributed by atoms with Gasteiger partial charge in [-0.05, 0) is 31.2 Å². The van der Waals surface area contributed by atoms with Crippen LogP contribution in [0.15, 0.2) is 39.9 Å². The molecule has 4 rings (SSSR count). The number of ether oxygens (including phenoxy) is 2. The number of hydrogen-bond acceptors (Lipinski definition) is 5. The topological polar surface area (TPSA) is 79.5 Å². The number of nitrogens with zero attached hydrogens (tertiary/aromatic N) is 3. The second-order valence-corrected chi connectivity index (χ2v) is 7.56. The first-order valence-electron chi connectivity index (χ1n) is 10.2. The zero-order chi connectivity index (χ0) is 21.1. The van der Waals surface area contributed by atoms with Crippen LogP contribution in [0.4, 0.5) is 0 Å². The smallest absolute Gasteiger partial charge is 0.289 e. The van der Waals surface area contributed by atoms with Crippen molar-refractivity contribution in [2.24, 2.45) is 4.99 Å². The van der Waals surface area contributed by atoms with Gasteiger partial charge in [0.15, 0.2) is 11.7 Å². The molecule has 1 amide bonds. The van der Waals surface area contributed by atoms with E-state index in [1.165, 1.54) is 11.8 Å². The molecule has 1 saturated heterocycles. The van der Waals surface area contributed by atoms with Gasteiger partial charge in [0.1, 0.15) is 17.6 Å². The molecular weight excluding hydrogens is 511 g/mol. The number of fused-ring (bicyclic) bond motifs is 1. The Labute approximate surface area is 199 Å². The summed E-state index contributed by atoms with van der Waals surface area (Å²) in [5, 5.41) is 3.42. The molecule has 1 N–H and O–H groups in total. The van der Waals surface area contributed by atoms with Crippen LogP contribution in [0, 0.1) is 0 Å². The van der Waals surface area contributed by atoms with E-state index in [1.807, 2.05) is 4.90 Å². The lowest BCUT2D eigenvalue weighted by Gasteiger charge is -2.36. The Hall–Kier alpha value is -2.43. The number of furan rings is 1. The maximum absolute atomic E-state index is 12.4. The SMILES string of the molecule is CN=C(NCc1cc2c(cc1OC)CC(C)O2)N1CCN(C(=O)c2ccco2)CC1.I. The van der Waals surface area contributed by atoms with Crippen molar-refractivity contribution in [3.63, 3.8) is 0 Å². The van der Waals surface area contributed by atoms with Gasteiger partial charge in [-0.15, -0.1) is 24.0 Å². The number of benzene rings is 1. The number of carbonyl (C=O) groups excluding carboxylic acids is 1. The summed E-state index contributed by atoms with van der Waals surface area (Å²) in [6, 6.07) is 7.55. The average molecular weight is 540 g/mol. The van der Waals surface area contributed by atoms with Crippen LogP contribution in [0.3, 0.4) is 0 Å². The van der Waals surface area contributed by atoms with Crippen LogP contribution in [0.25, 0.3) is 0 Å². The molecule has 1 aromatic heterocycles. The van der Waals surface area contributed by atoms with Gasteiger partial charge in [-0.25, -0.2) is 0 Å². The van der Waals surface area contributed by atoms with Gasteiger partial charge < -0.3 is 29.0 Å². The predicted molar refractivity (Wildman–Crippen MR) is 129 cm³/mol. The van der Waals surface area contributed by atoms with Crippen molar-refractivity contribution in [3.05, 3.63) is 47.4 Å². The first kappa shape index (κ1) is 23.2. The van der Waals surface area contributed by atoms with Crippen LogP contribution in [0.5, 0.6) is 11.5 Å². The highest BCUT2D eigenvalue weighted by atomic mass is 127. The number of methoxy groups -OCH3 is 1. The van der Waals surface area contributed by atoms with E-state index < -0.39 is 0 Å². The molecule has 2 aromatic rings. The molecule has 168 valence electrons. The fraction of sp³-hybridized carbons (Fsp3) is 0.455. The van der Waals surface area contributed by atoms with Gasteiger partial charge in [0, 0.05) is 57.3 Å². The van der Waals surface area contributed by atoms with E-state index in [-0.39, 0.29) is 36.0 Å². The van der Waals surface area contributed by atoms with E-state index in [0.717, 1.165) is 29.4 Å². The largest absolute Gasteiger partial charge is 0.496 e. The number of halogens is 1. The zero-order valence-electron chi connectivity index (χ0n) is 18.1. The summed E-state index contributed by atoms with van der Waals surface area (Å²) >= 11 is 0. The third kappa shape index (κ3) is 5.08. The van der Waals surface area contributed by atoms with Crippen molar-refractivity contribution in [2.45, 2.75) is 26.0 Å². The summed E-state index contributed by atoms with van der Waals surface area (Å²) in [4.78, 5) is 20.8. The van der Waals surface area contributed by atoms with Crippen molar-refractivity contribution in [3.8, 4) is 11.5 Å². The molecule has 0 saturated carbocycles. The monoisotopic (exact) mass is 540 g/mol. The summed E-state index contributed by atoms with van der Waals surface area (Å²) < 4.78 is 16.7. The Balaban J connectivity index is 0.00000272. The molecule has 1 aromatic carbocycles. The number of rotatable bonds is 4. The summed E-state index contributed by atoms with van der Waals surface area (Å²) in [6.45, 7) is 5.29. The highest BCUT2D eigenvalue weighted by Gasteiger charge is 2.26. The van der Waals surface area contributed by atoms with Crippen LogP contribution in [0.1, 0.15) is 28.6 Å². The summed E-state index contributed by atoms with van der Waals surface area (Å²) in [5.74, 6) is 2.89. The van der Waals surface area contributed by atoms with Crippen molar-refractivity contribution < 1.29 is 18.7 Å². The first-order valence-corrected chi connectivity index (χ1v) is 10.2. The minimum absolute atomic E-state index is 0. The second kappa shape index (κ2) is 10.3. The maximum Gasteiger partial charge on any atom is 0.289 e. The average Bonchev–Trinajstić information content (AvgIpc) is 3.42. The minimum atomic E-state index is -0.0697. The number of carbonyl (C=O) groups is 1. The van der Waals surface area contributed by atoms with Crippen molar-refractivity contribution in [1.29, 1.82) is 0 Å². The predicted octanol–water partition coefficient (Wildman–Crippen LogP) is 2.76. The lowest BCUT2D eigenvalue weighted by Crippen LogP contribution is -2.53.